The Balaban J connectivity index is 1.44. The minimum Gasteiger partial charge on any atom is -0.342 e. The Hall–Kier alpha value is -1.95. The first kappa shape index (κ1) is 18.4. The highest BCUT2D eigenvalue weighted by Gasteiger charge is 2.30. The summed E-state index contributed by atoms with van der Waals surface area (Å²) in [5.41, 5.74) is 0.779. The van der Waals surface area contributed by atoms with Gasteiger partial charge in [-0.25, -0.2) is 4.68 Å². The molecule has 144 valence electrons. The van der Waals surface area contributed by atoms with E-state index < -0.39 is 0 Å². The molecule has 0 N–H and O–H groups in total. The van der Waals surface area contributed by atoms with Crippen LogP contribution in [0.2, 0.25) is 0 Å². The molecule has 1 saturated heterocycles. The van der Waals surface area contributed by atoms with Crippen molar-refractivity contribution in [1.82, 2.24) is 14.7 Å². The third kappa shape index (κ3) is 4.32. The third-order valence-corrected chi connectivity index (χ3v) is 6.75. The Kier molecular flexibility index (Phi) is 5.72. The summed E-state index contributed by atoms with van der Waals surface area (Å²) in [5, 5.41) is 6.60. The second-order valence-corrected chi connectivity index (χ2v) is 8.79. The van der Waals surface area contributed by atoms with E-state index in [9.17, 15) is 9.59 Å². The van der Waals surface area contributed by atoms with Crippen LogP contribution in [0, 0.1) is 11.8 Å². The Morgan fingerprint density at radius 2 is 1.96 bits per heavy atom. The Labute approximate surface area is 164 Å². The fraction of sp³-hybridized carbons (Fsp3) is 0.571. The fourth-order valence-electron chi connectivity index (χ4n) is 4.40. The van der Waals surface area contributed by atoms with Gasteiger partial charge in [-0.1, -0.05) is 25.3 Å². The number of likely N-dealkylation sites (tertiary alicyclic amines) is 1. The van der Waals surface area contributed by atoms with Crippen LogP contribution in [0.1, 0.15) is 44.9 Å². The molecule has 1 atom stereocenters. The largest absolute Gasteiger partial charge is 0.342 e. The third-order valence-electron chi connectivity index (χ3n) is 5.86. The normalized spacial score (nSPS) is 21.3. The molecule has 5 nitrogen and oxygen atoms in total. The maximum atomic E-state index is 12.9. The van der Waals surface area contributed by atoms with Crippen molar-refractivity contribution in [3.63, 3.8) is 0 Å². The summed E-state index contributed by atoms with van der Waals surface area (Å²) in [5.74, 6) is 0.864. The van der Waals surface area contributed by atoms with E-state index in [-0.39, 0.29) is 11.5 Å². The maximum absolute atomic E-state index is 12.9. The van der Waals surface area contributed by atoms with E-state index in [1.807, 2.05) is 17.5 Å². The van der Waals surface area contributed by atoms with Gasteiger partial charge < -0.3 is 4.90 Å². The Morgan fingerprint density at radius 3 is 2.74 bits per heavy atom. The summed E-state index contributed by atoms with van der Waals surface area (Å²) in [6, 6.07) is 7.42. The van der Waals surface area contributed by atoms with Gasteiger partial charge in [0.2, 0.25) is 5.91 Å². The molecule has 0 bridgehead atoms. The number of thiophene rings is 1. The average Bonchev–Trinajstić information content (AvgIpc) is 3.25. The van der Waals surface area contributed by atoms with Crippen molar-refractivity contribution in [2.75, 3.05) is 13.1 Å². The molecular weight excluding hydrogens is 358 g/mol. The molecule has 3 heterocycles. The topological polar surface area (TPSA) is 55.2 Å². The van der Waals surface area contributed by atoms with Crippen LogP contribution in [0.25, 0.3) is 10.6 Å². The molecule has 1 aliphatic carbocycles. The molecule has 2 aromatic heterocycles. The zero-order valence-corrected chi connectivity index (χ0v) is 16.5. The number of piperidine rings is 1. The number of hydrogen-bond donors (Lipinski definition) is 0. The monoisotopic (exact) mass is 385 g/mol. The van der Waals surface area contributed by atoms with E-state index in [0.29, 0.717) is 18.4 Å². The van der Waals surface area contributed by atoms with Gasteiger partial charge in [0.1, 0.15) is 5.69 Å². The molecule has 0 aromatic carbocycles. The summed E-state index contributed by atoms with van der Waals surface area (Å²) in [4.78, 5) is 28.3. The molecule has 27 heavy (non-hydrogen) atoms. The van der Waals surface area contributed by atoms with Crippen LogP contribution in [0.4, 0.5) is 0 Å². The number of carbonyl (C=O) groups excluding carboxylic acids is 1. The molecule has 6 heteroatoms. The van der Waals surface area contributed by atoms with Crippen LogP contribution in [-0.2, 0) is 11.3 Å². The predicted molar refractivity (Wildman–Crippen MR) is 108 cm³/mol. The van der Waals surface area contributed by atoms with Gasteiger partial charge in [0.25, 0.3) is 5.56 Å². The zero-order chi connectivity index (χ0) is 18.6. The second-order valence-electron chi connectivity index (χ2n) is 7.84. The smallest absolute Gasteiger partial charge is 0.266 e. The molecule has 1 saturated carbocycles. The van der Waals surface area contributed by atoms with Crippen molar-refractivity contribution in [3.8, 4) is 10.6 Å². The van der Waals surface area contributed by atoms with Crippen LogP contribution in [0.3, 0.4) is 0 Å². The summed E-state index contributed by atoms with van der Waals surface area (Å²) < 4.78 is 1.59. The molecular formula is C21H27N3O2S. The standard InChI is InChI=1S/C21H27N3O2S/c25-20-11-10-18(19-9-5-13-27-19)22-24(20)15-16-6-4-12-23(14-16)21(26)17-7-2-1-3-8-17/h5,9-11,13,16-17H,1-4,6-8,12,14-15H2/t16-/m0/s1. The van der Waals surface area contributed by atoms with Gasteiger partial charge in [0, 0.05) is 31.6 Å². The summed E-state index contributed by atoms with van der Waals surface area (Å²) in [6.45, 7) is 2.21. The van der Waals surface area contributed by atoms with Crippen molar-refractivity contribution in [1.29, 1.82) is 0 Å². The van der Waals surface area contributed by atoms with Crippen LogP contribution in [0.5, 0.6) is 0 Å². The highest BCUT2D eigenvalue weighted by molar-refractivity contribution is 7.13. The van der Waals surface area contributed by atoms with Gasteiger partial charge in [-0.15, -0.1) is 11.3 Å². The molecule has 0 unspecified atom stereocenters. The highest BCUT2D eigenvalue weighted by Crippen LogP contribution is 2.28. The van der Waals surface area contributed by atoms with Crippen LogP contribution < -0.4 is 5.56 Å². The van der Waals surface area contributed by atoms with Crippen molar-refractivity contribution in [2.45, 2.75) is 51.5 Å². The van der Waals surface area contributed by atoms with E-state index in [0.717, 1.165) is 49.3 Å². The van der Waals surface area contributed by atoms with Crippen molar-refractivity contribution in [3.05, 3.63) is 40.0 Å². The first-order chi connectivity index (χ1) is 13.2. The lowest BCUT2D eigenvalue weighted by Gasteiger charge is -2.36. The minimum atomic E-state index is -0.0639. The quantitative estimate of drug-likeness (QED) is 0.805. The number of amides is 1. The van der Waals surface area contributed by atoms with Crippen LogP contribution in [-0.4, -0.2) is 33.7 Å². The lowest BCUT2D eigenvalue weighted by Crippen LogP contribution is -2.45. The maximum Gasteiger partial charge on any atom is 0.266 e. The lowest BCUT2D eigenvalue weighted by atomic mass is 9.87. The molecule has 4 rings (SSSR count). The number of aromatic nitrogens is 2. The first-order valence-electron chi connectivity index (χ1n) is 10.1. The van der Waals surface area contributed by atoms with Gasteiger partial charge in [0.15, 0.2) is 0 Å². The van der Waals surface area contributed by atoms with Crippen molar-refractivity contribution >= 4 is 17.2 Å². The van der Waals surface area contributed by atoms with Crippen LogP contribution >= 0.6 is 11.3 Å². The van der Waals surface area contributed by atoms with Gasteiger partial charge in [-0.3, -0.25) is 9.59 Å². The summed E-state index contributed by atoms with van der Waals surface area (Å²) >= 11 is 1.63. The van der Waals surface area contributed by atoms with Gasteiger partial charge in [0.05, 0.1) is 4.88 Å². The van der Waals surface area contributed by atoms with E-state index in [1.54, 1.807) is 28.2 Å². The van der Waals surface area contributed by atoms with E-state index in [2.05, 4.69) is 10.00 Å². The number of hydrogen-bond acceptors (Lipinski definition) is 4. The Bertz CT molecular complexity index is 824. The molecule has 0 spiro atoms. The predicted octanol–water partition coefficient (Wildman–Crippen LogP) is 3.79. The molecule has 2 aliphatic rings. The van der Waals surface area contributed by atoms with Crippen LogP contribution in [0.15, 0.2) is 34.4 Å². The summed E-state index contributed by atoms with van der Waals surface area (Å²) in [7, 11) is 0. The lowest BCUT2D eigenvalue weighted by molar-refractivity contribution is -0.138. The Morgan fingerprint density at radius 1 is 1.11 bits per heavy atom. The van der Waals surface area contributed by atoms with Gasteiger partial charge >= 0.3 is 0 Å². The summed E-state index contributed by atoms with van der Waals surface area (Å²) in [6.07, 6.45) is 7.79. The number of nitrogens with zero attached hydrogens (tertiary/aromatic N) is 3. The van der Waals surface area contributed by atoms with E-state index >= 15 is 0 Å². The fourth-order valence-corrected chi connectivity index (χ4v) is 5.09. The van der Waals surface area contributed by atoms with E-state index in [1.165, 1.54) is 19.3 Å². The minimum absolute atomic E-state index is 0.0639. The molecule has 1 aliphatic heterocycles. The highest BCUT2D eigenvalue weighted by atomic mass is 32.1. The molecule has 0 radical (unpaired) electrons. The number of carbonyl (C=O) groups is 1. The first-order valence-corrected chi connectivity index (χ1v) is 11.0. The molecule has 2 aromatic rings. The SMILES string of the molecule is O=C(C1CCCCC1)N1CCC[C@H](Cn2nc(-c3cccs3)ccc2=O)C1. The van der Waals surface area contributed by atoms with Crippen molar-refractivity contribution in [2.24, 2.45) is 11.8 Å². The van der Waals surface area contributed by atoms with Gasteiger partial charge in [-0.05, 0) is 49.1 Å². The van der Waals surface area contributed by atoms with Crippen molar-refractivity contribution < 1.29 is 4.79 Å². The zero-order valence-electron chi connectivity index (χ0n) is 15.7. The molecule has 2 fully saturated rings. The van der Waals surface area contributed by atoms with Gasteiger partial charge in [-0.2, -0.15) is 5.10 Å². The van der Waals surface area contributed by atoms with E-state index in [4.69, 9.17) is 0 Å². The average molecular weight is 386 g/mol. The molecule has 1 amide bonds. The number of rotatable bonds is 4. The second kappa shape index (κ2) is 8.38.